The van der Waals surface area contributed by atoms with Crippen LogP contribution in [0.2, 0.25) is 0 Å². The molecule has 1 atom stereocenters. The van der Waals surface area contributed by atoms with Crippen LogP contribution < -0.4 is 0 Å². The van der Waals surface area contributed by atoms with E-state index in [0.29, 0.717) is 38.3 Å². The first-order valence-electron chi connectivity index (χ1n) is 9.72. The third kappa shape index (κ3) is 4.19. The highest BCUT2D eigenvalue weighted by molar-refractivity contribution is 5.95. The van der Waals surface area contributed by atoms with Crippen molar-refractivity contribution in [1.82, 2.24) is 24.9 Å². The highest BCUT2D eigenvalue weighted by atomic mass is 16.5. The van der Waals surface area contributed by atoms with Crippen LogP contribution in [0.1, 0.15) is 41.2 Å². The predicted molar refractivity (Wildman–Crippen MR) is 102 cm³/mol. The lowest BCUT2D eigenvalue weighted by atomic mass is 9.90. The average molecular weight is 391 g/mol. The summed E-state index contributed by atoms with van der Waals surface area (Å²) in [6, 6.07) is 0. The van der Waals surface area contributed by atoms with Crippen LogP contribution in [-0.4, -0.2) is 96.6 Å². The van der Waals surface area contributed by atoms with Gasteiger partial charge in [-0.05, 0) is 12.8 Å². The van der Waals surface area contributed by atoms with E-state index in [0.717, 1.165) is 18.5 Å². The van der Waals surface area contributed by atoms with Gasteiger partial charge in [0, 0.05) is 59.7 Å². The third-order valence-electron chi connectivity index (χ3n) is 5.65. The van der Waals surface area contributed by atoms with Gasteiger partial charge >= 0.3 is 0 Å². The zero-order valence-corrected chi connectivity index (χ0v) is 16.8. The normalized spacial score (nSPS) is 20.7. The Bertz CT molecular complexity index is 724. The van der Waals surface area contributed by atoms with Crippen molar-refractivity contribution in [3.63, 3.8) is 0 Å². The van der Waals surface area contributed by atoms with Crippen LogP contribution >= 0.6 is 0 Å². The number of amides is 3. The maximum absolute atomic E-state index is 12.9. The first kappa shape index (κ1) is 20.3. The van der Waals surface area contributed by atoms with E-state index in [1.54, 1.807) is 37.2 Å². The van der Waals surface area contributed by atoms with E-state index in [9.17, 15) is 14.4 Å². The Morgan fingerprint density at radius 3 is 2.68 bits per heavy atom. The number of methoxy groups -OCH3 is 1. The fourth-order valence-electron chi connectivity index (χ4n) is 4.02. The van der Waals surface area contributed by atoms with Crippen molar-refractivity contribution in [3.05, 3.63) is 17.5 Å². The summed E-state index contributed by atoms with van der Waals surface area (Å²) in [4.78, 5) is 42.4. The van der Waals surface area contributed by atoms with Gasteiger partial charge in [0.25, 0.3) is 5.91 Å². The van der Waals surface area contributed by atoms with E-state index in [-0.39, 0.29) is 36.0 Å². The zero-order chi connectivity index (χ0) is 20.3. The van der Waals surface area contributed by atoms with Gasteiger partial charge < -0.3 is 19.4 Å². The lowest BCUT2D eigenvalue weighted by Crippen LogP contribution is -2.42. The number of nitrogens with one attached hydrogen (secondary N) is 1. The summed E-state index contributed by atoms with van der Waals surface area (Å²) in [5.74, 6) is -0.0776. The Morgan fingerprint density at radius 1 is 1.32 bits per heavy atom. The minimum atomic E-state index is -0.265. The third-order valence-corrected chi connectivity index (χ3v) is 5.65. The second kappa shape index (κ2) is 8.72. The molecule has 154 valence electrons. The molecule has 0 unspecified atom stereocenters. The summed E-state index contributed by atoms with van der Waals surface area (Å²) in [6.45, 7) is 2.74. The molecular weight excluding hydrogens is 362 g/mol. The Labute approximate surface area is 165 Å². The number of hydrogen-bond donors (Lipinski definition) is 1. The molecule has 1 aromatic rings. The molecule has 0 bridgehead atoms. The van der Waals surface area contributed by atoms with Crippen LogP contribution in [-0.2, 0) is 14.3 Å². The number of nitrogens with zero attached hydrogens (tertiary/aromatic N) is 4. The van der Waals surface area contributed by atoms with Gasteiger partial charge in [0.15, 0.2) is 0 Å². The number of hydrogen-bond acceptors (Lipinski definition) is 5. The highest BCUT2D eigenvalue weighted by Crippen LogP contribution is 2.31. The summed E-state index contributed by atoms with van der Waals surface area (Å²) in [5, 5.41) is 7.03. The van der Waals surface area contributed by atoms with Crippen LogP contribution in [0.5, 0.6) is 0 Å². The number of aromatic amines is 1. The maximum Gasteiger partial charge on any atom is 0.256 e. The van der Waals surface area contributed by atoms with E-state index in [2.05, 4.69) is 10.2 Å². The van der Waals surface area contributed by atoms with Crippen molar-refractivity contribution in [2.75, 3.05) is 54.0 Å². The molecule has 0 radical (unpaired) electrons. The molecule has 2 fully saturated rings. The molecule has 1 aromatic heterocycles. The van der Waals surface area contributed by atoms with E-state index < -0.39 is 0 Å². The van der Waals surface area contributed by atoms with Crippen LogP contribution in [0.3, 0.4) is 0 Å². The van der Waals surface area contributed by atoms with Gasteiger partial charge in [0.05, 0.1) is 30.0 Å². The summed E-state index contributed by atoms with van der Waals surface area (Å²) in [7, 11) is 5.04. The fourth-order valence-corrected chi connectivity index (χ4v) is 4.02. The van der Waals surface area contributed by atoms with Gasteiger partial charge in [0.1, 0.15) is 0 Å². The smallest absolute Gasteiger partial charge is 0.256 e. The molecule has 28 heavy (non-hydrogen) atoms. The molecule has 2 aliphatic rings. The van der Waals surface area contributed by atoms with Crippen molar-refractivity contribution in [3.8, 4) is 0 Å². The number of carbonyl (C=O) groups is 3. The second-order valence-corrected chi connectivity index (χ2v) is 7.73. The molecule has 1 N–H and O–H groups in total. The second-order valence-electron chi connectivity index (χ2n) is 7.73. The number of likely N-dealkylation sites (tertiary alicyclic amines) is 2. The topological polar surface area (TPSA) is 98.8 Å². The largest absolute Gasteiger partial charge is 0.383 e. The van der Waals surface area contributed by atoms with Crippen molar-refractivity contribution < 1.29 is 19.1 Å². The monoisotopic (exact) mass is 391 g/mol. The van der Waals surface area contributed by atoms with Crippen LogP contribution in [0.15, 0.2) is 6.20 Å². The molecule has 9 nitrogen and oxygen atoms in total. The molecule has 0 saturated carbocycles. The number of ether oxygens (including phenoxy) is 1. The van der Waals surface area contributed by atoms with E-state index >= 15 is 0 Å². The Morgan fingerprint density at radius 2 is 2.04 bits per heavy atom. The fraction of sp³-hybridized carbons (Fsp3) is 0.684. The van der Waals surface area contributed by atoms with Crippen LogP contribution in [0, 0.1) is 5.92 Å². The summed E-state index contributed by atoms with van der Waals surface area (Å²) in [5.41, 5.74) is 1.46. The first-order chi connectivity index (χ1) is 13.4. The number of aromatic nitrogens is 2. The first-order valence-corrected chi connectivity index (χ1v) is 9.72. The predicted octanol–water partition coefficient (Wildman–Crippen LogP) is 0.312. The van der Waals surface area contributed by atoms with Crippen molar-refractivity contribution in [2.45, 2.75) is 25.2 Å². The lowest BCUT2D eigenvalue weighted by molar-refractivity contribution is -0.136. The molecular formula is C19H29N5O4. The van der Waals surface area contributed by atoms with E-state index in [1.165, 1.54) is 0 Å². The highest BCUT2D eigenvalue weighted by Gasteiger charge is 2.37. The van der Waals surface area contributed by atoms with Gasteiger partial charge in [-0.3, -0.25) is 19.5 Å². The minimum absolute atomic E-state index is 0.0228. The summed E-state index contributed by atoms with van der Waals surface area (Å²) in [6.07, 6.45) is 3.41. The quantitative estimate of drug-likeness (QED) is 0.753. The van der Waals surface area contributed by atoms with Crippen molar-refractivity contribution in [2.24, 2.45) is 5.92 Å². The van der Waals surface area contributed by atoms with Crippen molar-refractivity contribution in [1.29, 1.82) is 0 Å². The maximum atomic E-state index is 12.9. The summed E-state index contributed by atoms with van der Waals surface area (Å²) >= 11 is 0. The molecule has 3 rings (SSSR count). The van der Waals surface area contributed by atoms with Crippen LogP contribution in [0.25, 0.3) is 0 Å². The molecule has 2 aliphatic heterocycles. The van der Waals surface area contributed by atoms with Gasteiger partial charge in [-0.15, -0.1) is 0 Å². The molecule has 0 aliphatic carbocycles. The molecule has 3 amide bonds. The molecule has 0 spiro atoms. The van der Waals surface area contributed by atoms with E-state index in [4.69, 9.17) is 4.74 Å². The molecule has 9 heteroatoms. The number of H-pyrrole nitrogens is 1. The van der Waals surface area contributed by atoms with Gasteiger partial charge in [-0.2, -0.15) is 5.10 Å². The van der Waals surface area contributed by atoms with E-state index in [1.807, 2.05) is 4.90 Å². The molecule has 2 saturated heterocycles. The Hall–Kier alpha value is -2.42. The standard InChI is InChI=1S/C19H29N5O4/c1-22(2)19(27)15-11-20-21-17(15)13-4-6-23(7-5-13)18(26)14-10-16(25)24(12-14)8-9-28-3/h11,13-14H,4-10,12H2,1-3H3,(H,20,21)/t14-/m0/s1. The van der Waals surface area contributed by atoms with Gasteiger partial charge in [-0.1, -0.05) is 0 Å². The SMILES string of the molecule is COCCN1C[C@@H](C(=O)N2CCC(c3[nH]ncc3C(=O)N(C)C)CC2)CC1=O. The zero-order valence-electron chi connectivity index (χ0n) is 16.8. The summed E-state index contributed by atoms with van der Waals surface area (Å²) < 4.78 is 5.03. The number of rotatable bonds is 6. The van der Waals surface area contributed by atoms with Gasteiger partial charge in [0.2, 0.25) is 11.8 Å². The van der Waals surface area contributed by atoms with Gasteiger partial charge in [-0.25, -0.2) is 0 Å². The number of carbonyl (C=O) groups excluding carboxylic acids is 3. The molecule has 0 aromatic carbocycles. The lowest BCUT2D eigenvalue weighted by Gasteiger charge is -2.33. The molecule has 3 heterocycles. The van der Waals surface area contributed by atoms with Crippen LogP contribution in [0.4, 0.5) is 0 Å². The Kier molecular flexibility index (Phi) is 6.33. The van der Waals surface area contributed by atoms with Crippen molar-refractivity contribution >= 4 is 17.7 Å². The Balaban J connectivity index is 1.56. The number of piperidine rings is 1. The average Bonchev–Trinajstić information content (AvgIpc) is 3.32. The minimum Gasteiger partial charge on any atom is -0.383 e.